The minimum absolute atomic E-state index is 0.104. The SMILES string of the molecule is Cc1ccc(CC(c2ccc(Cl)cc2)c2nc(-c3ccc(CCC(=O)O)cc3C)no2)cc1C. The molecule has 0 saturated heterocycles. The molecule has 0 fully saturated rings. The van der Waals surface area contributed by atoms with Crippen LogP contribution in [-0.4, -0.2) is 21.2 Å². The summed E-state index contributed by atoms with van der Waals surface area (Å²) in [4.78, 5) is 15.7. The third-order valence-corrected chi connectivity index (χ3v) is 6.43. The zero-order chi connectivity index (χ0) is 24.2. The van der Waals surface area contributed by atoms with Gasteiger partial charge in [-0.1, -0.05) is 65.3 Å². The lowest BCUT2D eigenvalue weighted by atomic mass is 9.90. The van der Waals surface area contributed by atoms with E-state index in [-0.39, 0.29) is 12.3 Å². The van der Waals surface area contributed by atoms with Crippen molar-refractivity contribution in [1.82, 2.24) is 10.1 Å². The summed E-state index contributed by atoms with van der Waals surface area (Å²) >= 11 is 6.13. The number of nitrogens with zero attached hydrogens (tertiary/aromatic N) is 2. The summed E-state index contributed by atoms with van der Waals surface area (Å²) in [5.74, 6) is 0.151. The van der Waals surface area contributed by atoms with Gasteiger partial charge in [0.25, 0.3) is 0 Å². The maximum absolute atomic E-state index is 10.9. The van der Waals surface area contributed by atoms with Gasteiger partial charge >= 0.3 is 5.97 Å². The highest BCUT2D eigenvalue weighted by molar-refractivity contribution is 6.30. The minimum Gasteiger partial charge on any atom is -0.481 e. The van der Waals surface area contributed by atoms with Crippen molar-refractivity contribution in [1.29, 1.82) is 0 Å². The third-order valence-electron chi connectivity index (χ3n) is 6.18. The molecule has 4 rings (SSSR count). The first-order chi connectivity index (χ1) is 16.3. The Morgan fingerprint density at radius 2 is 1.65 bits per heavy atom. The molecule has 5 nitrogen and oxygen atoms in total. The molecule has 6 heteroatoms. The molecular weight excluding hydrogens is 448 g/mol. The van der Waals surface area contributed by atoms with Crippen LogP contribution >= 0.6 is 11.6 Å². The van der Waals surface area contributed by atoms with Gasteiger partial charge < -0.3 is 9.63 Å². The Balaban J connectivity index is 1.65. The highest BCUT2D eigenvalue weighted by Gasteiger charge is 2.23. The number of carboxylic acids is 1. The molecule has 1 unspecified atom stereocenters. The molecule has 0 radical (unpaired) electrons. The molecule has 1 heterocycles. The Kier molecular flexibility index (Phi) is 7.13. The summed E-state index contributed by atoms with van der Waals surface area (Å²) < 4.78 is 5.78. The normalized spacial score (nSPS) is 12.0. The van der Waals surface area contributed by atoms with Gasteiger partial charge in [-0.25, -0.2) is 0 Å². The van der Waals surface area contributed by atoms with Gasteiger partial charge in [0, 0.05) is 17.0 Å². The van der Waals surface area contributed by atoms with E-state index >= 15 is 0 Å². The lowest BCUT2D eigenvalue weighted by Gasteiger charge is -2.15. The Hall–Kier alpha value is -3.44. The molecule has 0 aliphatic heterocycles. The molecule has 0 spiro atoms. The maximum Gasteiger partial charge on any atom is 0.303 e. The second kappa shape index (κ2) is 10.2. The summed E-state index contributed by atoms with van der Waals surface area (Å²) in [5, 5.41) is 13.9. The summed E-state index contributed by atoms with van der Waals surface area (Å²) in [6, 6.07) is 20.1. The predicted molar refractivity (Wildman–Crippen MR) is 133 cm³/mol. The van der Waals surface area contributed by atoms with Gasteiger partial charge in [-0.2, -0.15) is 4.98 Å². The van der Waals surface area contributed by atoms with Gasteiger partial charge in [0.05, 0.1) is 5.92 Å². The monoisotopic (exact) mass is 474 g/mol. The van der Waals surface area contributed by atoms with Crippen molar-refractivity contribution >= 4 is 17.6 Å². The second-order valence-corrected chi connectivity index (χ2v) is 9.16. The molecule has 0 amide bonds. The first-order valence-electron chi connectivity index (χ1n) is 11.3. The average molecular weight is 475 g/mol. The fourth-order valence-electron chi connectivity index (χ4n) is 4.08. The number of carboxylic acid groups (broad SMARTS) is 1. The molecule has 1 N–H and O–H groups in total. The van der Waals surface area contributed by atoms with E-state index in [1.54, 1.807) is 0 Å². The number of carbonyl (C=O) groups is 1. The number of aryl methyl sites for hydroxylation is 4. The summed E-state index contributed by atoms with van der Waals surface area (Å²) in [6.45, 7) is 6.20. The summed E-state index contributed by atoms with van der Waals surface area (Å²) in [7, 11) is 0. The standard InChI is InChI=1S/C28H27ClN2O3/c1-17-4-5-21(14-18(17)2)16-25(22-8-10-23(29)11-9-22)28-30-27(31-34-28)24-12-6-20(15-19(24)3)7-13-26(32)33/h4-6,8-12,14-15,25H,7,13,16H2,1-3H3,(H,32,33). The Morgan fingerprint density at radius 1 is 0.941 bits per heavy atom. The fourth-order valence-corrected chi connectivity index (χ4v) is 4.20. The lowest BCUT2D eigenvalue weighted by molar-refractivity contribution is -0.136. The number of aromatic nitrogens is 2. The van der Waals surface area contributed by atoms with Crippen molar-refractivity contribution in [3.05, 3.63) is 105 Å². The average Bonchev–Trinajstić information content (AvgIpc) is 3.29. The predicted octanol–water partition coefficient (Wildman–Crippen LogP) is 6.71. The van der Waals surface area contributed by atoms with Gasteiger partial charge in [0.15, 0.2) is 0 Å². The van der Waals surface area contributed by atoms with Crippen LogP contribution in [0, 0.1) is 20.8 Å². The lowest BCUT2D eigenvalue weighted by Crippen LogP contribution is -2.06. The van der Waals surface area contributed by atoms with E-state index < -0.39 is 5.97 Å². The molecule has 174 valence electrons. The van der Waals surface area contributed by atoms with Crippen molar-refractivity contribution in [2.75, 3.05) is 0 Å². The van der Waals surface area contributed by atoms with E-state index in [2.05, 4.69) is 37.2 Å². The largest absolute Gasteiger partial charge is 0.481 e. The second-order valence-electron chi connectivity index (χ2n) is 8.73. The first-order valence-corrected chi connectivity index (χ1v) is 11.6. The highest BCUT2D eigenvalue weighted by Crippen LogP contribution is 2.31. The van der Waals surface area contributed by atoms with Crippen LogP contribution in [0.15, 0.2) is 65.2 Å². The van der Waals surface area contributed by atoms with Crippen LogP contribution in [0.1, 0.15) is 51.6 Å². The van der Waals surface area contributed by atoms with Crippen LogP contribution in [0.4, 0.5) is 0 Å². The smallest absolute Gasteiger partial charge is 0.303 e. The molecule has 4 aromatic rings. The number of hydrogen-bond acceptors (Lipinski definition) is 4. The molecule has 0 aliphatic carbocycles. The van der Waals surface area contributed by atoms with Crippen LogP contribution in [-0.2, 0) is 17.6 Å². The number of hydrogen-bond donors (Lipinski definition) is 1. The Bertz CT molecular complexity index is 1310. The van der Waals surface area contributed by atoms with Crippen molar-refractivity contribution in [2.45, 2.75) is 46.0 Å². The summed E-state index contributed by atoms with van der Waals surface area (Å²) in [6.07, 6.45) is 1.31. The molecule has 3 aromatic carbocycles. The third kappa shape index (κ3) is 5.54. The Labute approximate surface area is 204 Å². The van der Waals surface area contributed by atoms with E-state index in [1.807, 2.05) is 49.4 Å². The van der Waals surface area contributed by atoms with Gasteiger partial charge in [-0.15, -0.1) is 0 Å². The zero-order valence-electron chi connectivity index (χ0n) is 19.5. The van der Waals surface area contributed by atoms with E-state index in [9.17, 15) is 4.79 Å². The van der Waals surface area contributed by atoms with Gasteiger partial charge in [0.1, 0.15) is 0 Å². The quantitative estimate of drug-likeness (QED) is 0.307. The molecule has 1 atom stereocenters. The number of aliphatic carboxylic acids is 1. The van der Waals surface area contributed by atoms with Crippen molar-refractivity contribution < 1.29 is 14.4 Å². The van der Waals surface area contributed by atoms with E-state index in [1.165, 1.54) is 16.7 Å². The topological polar surface area (TPSA) is 76.2 Å². The number of halogens is 1. The van der Waals surface area contributed by atoms with Gasteiger partial charge in [-0.05, 0) is 79.1 Å². The molecule has 1 aromatic heterocycles. The van der Waals surface area contributed by atoms with E-state index in [4.69, 9.17) is 26.2 Å². The van der Waals surface area contributed by atoms with Crippen LogP contribution in [0.2, 0.25) is 5.02 Å². The highest BCUT2D eigenvalue weighted by atomic mass is 35.5. The number of benzene rings is 3. The van der Waals surface area contributed by atoms with Crippen LogP contribution in [0.5, 0.6) is 0 Å². The number of rotatable bonds is 8. The maximum atomic E-state index is 10.9. The van der Waals surface area contributed by atoms with Crippen molar-refractivity contribution in [3.63, 3.8) is 0 Å². The first kappa shape index (κ1) is 23.7. The zero-order valence-corrected chi connectivity index (χ0v) is 20.3. The molecule has 0 bridgehead atoms. The van der Waals surface area contributed by atoms with E-state index in [0.29, 0.717) is 23.2 Å². The molecule has 0 saturated carbocycles. The minimum atomic E-state index is -0.804. The molecule has 34 heavy (non-hydrogen) atoms. The van der Waals surface area contributed by atoms with Crippen LogP contribution in [0.25, 0.3) is 11.4 Å². The van der Waals surface area contributed by atoms with Crippen molar-refractivity contribution in [2.24, 2.45) is 0 Å². The summed E-state index contributed by atoms with van der Waals surface area (Å²) in [5.41, 5.74) is 7.58. The fraction of sp³-hybridized carbons (Fsp3) is 0.250. The Morgan fingerprint density at radius 3 is 2.32 bits per heavy atom. The van der Waals surface area contributed by atoms with Crippen LogP contribution < -0.4 is 0 Å². The van der Waals surface area contributed by atoms with Crippen LogP contribution in [0.3, 0.4) is 0 Å². The van der Waals surface area contributed by atoms with Crippen molar-refractivity contribution in [3.8, 4) is 11.4 Å². The van der Waals surface area contributed by atoms with E-state index in [0.717, 1.165) is 28.7 Å². The van der Waals surface area contributed by atoms with Gasteiger partial charge in [-0.3, -0.25) is 4.79 Å². The molecular formula is C28H27ClN2O3. The van der Waals surface area contributed by atoms with Gasteiger partial charge in [0.2, 0.25) is 11.7 Å². The molecule has 0 aliphatic rings.